The van der Waals surface area contributed by atoms with Gasteiger partial charge in [-0.15, -0.1) is 0 Å². The Morgan fingerprint density at radius 2 is 2.32 bits per heavy atom. The van der Waals surface area contributed by atoms with E-state index in [0.717, 1.165) is 5.69 Å². The summed E-state index contributed by atoms with van der Waals surface area (Å²) in [6.45, 7) is -0.187. The molecule has 7 heteroatoms. The lowest BCUT2D eigenvalue weighted by molar-refractivity contribution is -0.134. The Hall–Kier alpha value is -2.70. The normalized spacial score (nSPS) is 9.95. The highest BCUT2D eigenvalue weighted by atomic mass is 16.4. The number of pyridine rings is 1. The number of nitrogens with one attached hydrogen (secondary N) is 1. The molecule has 2 aromatic rings. The zero-order valence-electron chi connectivity index (χ0n) is 10.3. The molecule has 2 heterocycles. The van der Waals surface area contributed by atoms with Crippen molar-refractivity contribution in [3.8, 4) is 0 Å². The highest BCUT2D eigenvalue weighted by Gasteiger charge is 2.07. The van der Waals surface area contributed by atoms with Gasteiger partial charge in [0.25, 0.3) is 0 Å². The van der Waals surface area contributed by atoms with Crippen molar-refractivity contribution in [1.29, 1.82) is 0 Å². The average molecular weight is 259 g/mol. The van der Waals surface area contributed by atoms with Crippen LogP contribution in [0.15, 0.2) is 36.9 Å². The van der Waals surface area contributed by atoms with E-state index >= 15 is 0 Å². The summed E-state index contributed by atoms with van der Waals surface area (Å²) in [5.74, 6) is 0.166. The van der Waals surface area contributed by atoms with Gasteiger partial charge in [-0.3, -0.25) is 9.78 Å². The lowest BCUT2D eigenvalue weighted by Gasteiger charge is -2.17. The molecule has 0 spiro atoms. The maximum Gasteiger partial charge on any atom is 0.322 e. The number of hydrogen-bond acceptors (Lipinski definition) is 6. The number of aliphatic carboxylic acids is 1. The molecule has 0 amide bonds. The number of nitrogens with zero attached hydrogens (tertiary/aromatic N) is 4. The molecule has 0 saturated carbocycles. The largest absolute Gasteiger partial charge is 0.480 e. The third kappa shape index (κ3) is 3.38. The molecule has 0 fully saturated rings. The van der Waals surface area contributed by atoms with Gasteiger partial charge in [-0.1, -0.05) is 0 Å². The molecule has 19 heavy (non-hydrogen) atoms. The van der Waals surface area contributed by atoms with Crippen molar-refractivity contribution in [2.45, 2.75) is 0 Å². The van der Waals surface area contributed by atoms with Crippen LogP contribution in [0.3, 0.4) is 0 Å². The summed E-state index contributed by atoms with van der Waals surface area (Å²) in [5, 5.41) is 11.3. The van der Waals surface area contributed by atoms with Crippen LogP contribution in [0, 0.1) is 0 Å². The molecule has 98 valence electrons. The minimum atomic E-state index is -0.944. The summed E-state index contributed by atoms with van der Waals surface area (Å²) < 4.78 is 0. The fraction of sp³-hybridized carbons (Fsp3) is 0.167. The van der Waals surface area contributed by atoms with Gasteiger partial charge >= 0.3 is 5.97 Å². The second-order valence-electron chi connectivity index (χ2n) is 3.78. The van der Waals surface area contributed by atoms with Gasteiger partial charge < -0.3 is 15.3 Å². The van der Waals surface area contributed by atoms with E-state index < -0.39 is 5.97 Å². The molecule has 2 N–H and O–H groups in total. The third-order valence-electron chi connectivity index (χ3n) is 2.45. The third-order valence-corrected chi connectivity index (χ3v) is 2.45. The van der Waals surface area contributed by atoms with Crippen molar-refractivity contribution >= 4 is 23.3 Å². The van der Waals surface area contributed by atoms with E-state index in [1.54, 1.807) is 18.5 Å². The van der Waals surface area contributed by atoms with E-state index in [4.69, 9.17) is 5.11 Å². The molecule has 0 bridgehead atoms. The Labute approximate surface area is 110 Å². The van der Waals surface area contributed by atoms with Crippen LogP contribution < -0.4 is 10.2 Å². The maximum absolute atomic E-state index is 10.5. The molecule has 0 aliphatic heterocycles. The van der Waals surface area contributed by atoms with E-state index in [0.29, 0.717) is 11.6 Å². The molecule has 0 unspecified atom stereocenters. The van der Waals surface area contributed by atoms with Gasteiger partial charge in [0.2, 0.25) is 0 Å². The van der Waals surface area contributed by atoms with Gasteiger partial charge in [-0.05, 0) is 12.1 Å². The predicted molar refractivity (Wildman–Crippen MR) is 70.5 cm³/mol. The Bertz CT molecular complexity index is 561. The lowest BCUT2D eigenvalue weighted by Crippen LogP contribution is -2.15. The second-order valence-corrected chi connectivity index (χ2v) is 3.78. The summed E-state index contributed by atoms with van der Waals surface area (Å²) in [7, 11) is 1.85. The van der Waals surface area contributed by atoms with E-state index in [9.17, 15) is 4.79 Å². The average Bonchev–Trinajstić information content (AvgIpc) is 2.45. The Balaban J connectivity index is 2.16. The molecule has 2 aromatic heterocycles. The number of hydrogen-bond donors (Lipinski definition) is 2. The molecule has 7 nitrogen and oxygen atoms in total. The maximum atomic E-state index is 10.5. The summed E-state index contributed by atoms with van der Waals surface area (Å²) >= 11 is 0. The number of carbonyl (C=O) groups is 1. The zero-order valence-corrected chi connectivity index (χ0v) is 10.3. The summed E-state index contributed by atoms with van der Waals surface area (Å²) in [6, 6.07) is 5.41. The second kappa shape index (κ2) is 5.76. The van der Waals surface area contributed by atoms with E-state index in [1.165, 1.54) is 6.33 Å². The van der Waals surface area contributed by atoms with E-state index in [2.05, 4.69) is 20.3 Å². The molecule has 0 radical (unpaired) electrons. The summed E-state index contributed by atoms with van der Waals surface area (Å²) in [4.78, 5) is 24.5. The van der Waals surface area contributed by atoms with Crippen LogP contribution in [0.25, 0.3) is 0 Å². The molecule has 0 aliphatic carbocycles. The number of aromatic nitrogens is 3. The van der Waals surface area contributed by atoms with Crippen molar-refractivity contribution in [3.63, 3.8) is 0 Å². The predicted octanol–water partition coefficient (Wildman–Crippen LogP) is 1.14. The first-order valence-electron chi connectivity index (χ1n) is 5.58. The van der Waals surface area contributed by atoms with Crippen LogP contribution in [0.1, 0.15) is 0 Å². The monoisotopic (exact) mass is 259 g/mol. The molecule has 0 aromatic carbocycles. The number of rotatable bonds is 5. The first-order chi connectivity index (χ1) is 9.16. The molecule has 0 atom stereocenters. The molecular formula is C12H13N5O2. The summed E-state index contributed by atoms with van der Waals surface area (Å²) in [5.41, 5.74) is 0.880. The first kappa shape index (κ1) is 12.7. The van der Waals surface area contributed by atoms with Gasteiger partial charge in [0.05, 0.1) is 11.9 Å². The first-order valence-corrected chi connectivity index (χ1v) is 5.58. The van der Waals surface area contributed by atoms with Crippen LogP contribution in [-0.4, -0.2) is 39.6 Å². The van der Waals surface area contributed by atoms with E-state index in [-0.39, 0.29) is 6.54 Å². The minimum Gasteiger partial charge on any atom is -0.480 e. The van der Waals surface area contributed by atoms with E-state index in [1.807, 2.05) is 24.1 Å². The van der Waals surface area contributed by atoms with Crippen LogP contribution in [0.4, 0.5) is 17.3 Å². The molecule has 0 saturated heterocycles. The fourth-order valence-electron chi connectivity index (χ4n) is 1.48. The van der Waals surface area contributed by atoms with Crippen LogP contribution in [0.2, 0.25) is 0 Å². The van der Waals surface area contributed by atoms with Crippen LogP contribution in [0.5, 0.6) is 0 Å². The van der Waals surface area contributed by atoms with Crippen molar-refractivity contribution in [1.82, 2.24) is 15.0 Å². The smallest absolute Gasteiger partial charge is 0.322 e. The Morgan fingerprint density at radius 3 is 3.00 bits per heavy atom. The number of carboxylic acid groups (broad SMARTS) is 1. The van der Waals surface area contributed by atoms with Crippen molar-refractivity contribution in [2.24, 2.45) is 0 Å². The van der Waals surface area contributed by atoms with Gasteiger partial charge in [0.1, 0.15) is 24.5 Å². The lowest BCUT2D eigenvalue weighted by atomic mass is 10.3. The standard InChI is InChI=1S/C12H13N5O2/c1-17(9-3-2-4-13-6-9)11-5-10(15-8-16-11)14-7-12(18)19/h2-6,8H,7H2,1H3,(H,18,19)(H,14,15,16). The van der Waals surface area contributed by atoms with Crippen LogP contribution in [-0.2, 0) is 4.79 Å². The topological polar surface area (TPSA) is 91.2 Å². The Kier molecular flexibility index (Phi) is 3.87. The fourth-order valence-corrected chi connectivity index (χ4v) is 1.48. The van der Waals surface area contributed by atoms with Gasteiger partial charge in [0.15, 0.2) is 0 Å². The quantitative estimate of drug-likeness (QED) is 0.831. The van der Waals surface area contributed by atoms with Gasteiger partial charge in [-0.2, -0.15) is 0 Å². The highest BCUT2D eigenvalue weighted by Crippen LogP contribution is 2.21. The minimum absolute atomic E-state index is 0.187. The SMILES string of the molecule is CN(c1cccnc1)c1cc(NCC(=O)O)ncn1. The number of anilines is 3. The zero-order chi connectivity index (χ0) is 13.7. The molecule has 2 rings (SSSR count). The van der Waals surface area contributed by atoms with Crippen molar-refractivity contribution in [2.75, 3.05) is 23.8 Å². The van der Waals surface area contributed by atoms with Crippen molar-refractivity contribution < 1.29 is 9.90 Å². The summed E-state index contributed by atoms with van der Waals surface area (Å²) in [6.07, 6.45) is 4.79. The molecular weight excluding hydrogens is 246 g/mol. The number of carboxylic acids is 1. The van der Waals surface area contributed by atoms with Crippen molar-refractivity contribution in [3.05, 3.63) is 36.9 Å². The van der Waals surface area contributed by atoms with Crippen LogP contribution >= 0.6 is 0 Å². The van der Waals surface area contributed by atoms with Gasteiger partial charge in [0, 0.05) is 19.3 Å². The molecule has 0 aliphatic rings. The Morgan fingerprint density at radius 1 is 1.47 bits per heavy atom. The highest BCUT2D eigenvalue weighted by molar-refractivity contribution is 5.72. The van der Waals surface area contributed by atoms with Gasteiger partial charge in [-0.25, -0.2) is 9.97 Å².